The quantitative estimate of drug-likeness (QED) is 0.307. The van der Waals surface area contributed by atoms with Gasteiger partial charge in [-0.1, -0.05) is 77.9 Å². The summed E-state index contributed by atoms with van der Waals surface area (Å²) in [5.41, 5.74) is 7.35. The lowest BCUT2D eigenvalue weighted by atomic mass is 9.80. The van der Waals surface area contributed by atoms with Crippen LogP contribution in [-0.4, -0.2) is 0 Å². The van der Waals surface area contributed by atoms with Crippen molar-refractivity contribution >= 4 is 22.1 Å². The fraction of sp³-hybridized carbons (Fsp3) is 0.267. The number of hydrogen-bond donors (Lipinski definition) is 1. The number of benzene rings is 4. The molecule has 1 aliphatic rings. The average Bonchev–Trinajstić information content (AvgIpc) is 2.72. The van der Waals surface area contributed by atoms with E-state index in [4.69, 9.17) is 4.74 Å². The van der Waals surface area contributed by atoms with Crippen molar-refractivity contribution < 1.29 is 4.74 Å². The molecule has 4 aromatic carbocycles. The second-order valence-corrected chi connectivity index (χ2v) is 10.9. The van der Waals surface area contributed by atoms with Crippen LogP contribution in [0.25, 0.3) is 21.9 Å². The van der Waals surface area contributed by atoms with E-state index in [9.17, 15) is 0 Å². The van der Waals surface area contributed by atoms with E-state index < -0.39 is 0 Å². The molecule has 0 amide bonds. The van der Waals surface area contributed by atoms with Crippen LogP contribution in [0.15, 0.2) is 72.8 Å². The molecule has 0 atom stereocenters. The van der Waals surface area contributed by atoms with Crippen LogP contribution in [0.4, 0.5) is 11.4 Å². The van der Waals surface area contributed by atoms with Gasteiger partial charge in [-0.2, -0.15) is 0 Å². The highest BCUT2D eigenvalue weighted by Gasteiger charge is 2.22. The summed E-state index contributed by atoms with van der Waals surface area (Å²) in [5.74, 6) is 1.82. The third-order valence-corrected chi connectivity index (χ3v) is 6.31. The first kappa shape index (κ1) is 20.6. The molecule has 0 radical (unpaired) electrons. The molecule has 0 aromatic heterocycles. The topological polar surface area (TPSA) is 21.3 Å². The highest BCUT2D eigenvalue weighted by molar-refractivity contribution is 6.04. The molecule has 0 bridgehead atoms. The van der Waals surface area contributed by atoms with Gasteiger partial charge in [0.15, 0.2) is 0 Å². The summed E-state index contributed by atoms with van der Waals surface area (Å²) in [6.07, 6.45) is 0. The Balaban J connectivity index is 1.55. The Morgan fingerprint density at radius 2 is 1.25 bits per heavy atom. The van der Waals surface area contributed by atoms with Crippen LogP contribution in [0.3, 0.4) is 0 Å². The minimum absolute atomic E-state index is 0.0824. The first-order valence-electron chi connectivity index (χ1n) is 11.4. The van der Waals surface area contributed by atoms with E-state index in [-0.39, 0.29) is 10.8 Å². The Morgan fingerprint density at radius 3 is 1.91 bits per heavy atom. The lowest BCUT2D eigenvalue weighted by Gasteiger charge is -2.26. The van der Waals surface area contributed by atoms with Crippen molar-refractivity contribution in [2.45, 2.75) is 52.4 Å². The molecular formula is C30H31NO. The fourth-order valence-electron chi connectivity index (χ4n) is 4.37. The summed E-state index contributed by atoms with van der Waals surface area (Å²) >= 11 is 0. The van der Waals surface area contributed by atoms with E-state index in [0.717, 1.165) is 28.4 Å². The summed E-state index contributed by atoms with van der Waals surface area (Å²) in [6, 6.07) is 26.0. The molecule has 162 valence electrons. The van der Waals surface area contributed by atoms with E-state index >= 15 is 0 Å². The van der Waals surface area contributed by atoms with Crippen LogP contribution >= 0.6 is 0 Å². The minimum Gasteiger partial charge on any atom is -0.456 e. The monoisotopic (exact) mass is 421 g/mol. The van der Waals surface area contributed by atoms with Crippen molar-refractivity contribution in [1.82, 2.24) is 0 Å². The van der Waals surface area contributed by atoms with E-state index in [2.05, 4.69) is 120 Å². The third-order valence-electron chi connectivity index (χ3n) is 6.31. The van der Waals surface area contributed by atoms with Gasteiger partial charge in [0.1, 0.15) is 11.5 Å². The van der Waals surface area contributed by atoms with Crippen molar-refractivity contribution in [1.29, 1.82) is 0 Å². The highest BCUT2D eigenvalue weighted by atomic mass is 16.5. The van der Waals surface area contributed by atoms with Gasteiger partial charge in [-0.3, -0.25) is 0 Å². The second kappa shape index (κ2) is 7.13. The zero-order chi connectivity index (χ0) is 22.7. The summed E-state index contributed by atoms with van der Waals surface area (Å²) in [4.78, 5) is 0. The first-order chi connectivity index (χ1) is 15.1. The number of nitrogens with one attached hydrogen (secondary N) is 1. The maximum atomic E-state index is 6.34. The minimum atomic E-state index is 0.0824. The van der Waals surface area contributed by atoms with Crippen LogP contribution in [0.1, 0.15) is 52.7 Å². The second-order valence-electron chi connectivity index (χ2n) is 10.9. The fourth-order valence-corrected chi connectivity index (χ4v) is 4.37. The Kier molecular flexibility index (Phi) is 4.60. The molecule has 0 spiro atoms. The molecule has 0 aliphatic carbocycles. The molecular weight excluding hydrogens is 390 g/mol. The van der Waals surface area contributed by atoms with Gasteiger partial charge in [0, 0.05) is 28.4 Å². The van der Waals surface area contributed by atoms with Crippen LogP contribution in [-0.2, 0) is 10.8 Å². The van der Waals surface area contributed by atoms with Gasteiger partial charge in [0.2, 0.25) is 0 Å². The number of hydrogen-bond acceptors (Lipinski definition) is 2. The predicted molar refractivity (Wildman–Crippen MR) is 137 cm³/mol. The Bertz CT molecular complexity index is 1300. The number of rotatable bonds is 2. The number of fused-ring (bicyclic) bond motifs is 2. The average molecular weight is 422 g/mol. The Hall–Kier alpha value is -3.26. The van der Waals surface area contributed by atoms with Crippen molar-refractivity contribution in [2.24, 2.45) is 0 Å². The molecule has 4 aromatic rings. The lowest BCUT2D eigenvalue weighted by molar-refractivity contribution is 0.487. The summed E-state index contributed by atoms with van der Waals surface area (Å²) in [7, 11) is 0. The summed E-state index contributed by atoms with van der Waals surface area (Å²) in [6.45, 7) is 13.6. The van der Waals surface area contributed by atoms with Gasteiger partial charge in [0.25, 0.3) is 0 Å². The maximum absolute atomic E-state index is 6.34. The standard InChI is InChI=1S/C30H31NO/c1-29(2,3)20-15-21(30(4,5)6)17-23(16-20)31-22-13-14-24-25-11-7-9-19-10-8-12-26(28(19)25)32-27(24)18-22/h7-18,31H,1-6H3. The van der Waals surface area contributed by atoms with Gasteiger partial charge in [-0.25, -0.2) is 0 Å². The van der Waals surface area contributed by atoms with E-state index in [1.54, 1.807) is 0 Å². The zero-order valence-corrected chi connectivity index (χ0v) is 19.8. The van der Waals surface area contributed by atoms with E-state index in [1.807, 2.05) is 0 Å². The van der Waals surface area contributed by atoms with Crippen molar-refractivity contribution in [2.75, 3.05) is 5.32 Å². The predicted octanol–water partition coefficient (Wildman–Crippen LogP) is 8.95. The van der Waals surface area contributed by atoms with Crippen LogP contribution in [0.2, 0.25) is 0 Å². The lowest BCUT2D eigenvalue weighted by Crippen LogP contribution is -2.16. The SMILES string of the molecule is CC(C)(C)c1cc(Nc2ccc3c(c2)Oc2cccc4cccc-3c24)cc(C(C)(C)C)c1. The van der Waals surface area contributed by atoms with E-state index in [1.165, 1.54) is 27.5 Å². The van der Waals surface area contributed by atoms with Crippen LogP contribution < -0.4 is 10.1 Å². The van der Waals surface area contributed by atoms with Gasteiger partial charge in [0.05, 0.1) is 0 Å². The van der Waals surface area contributed by atoms with Gasteiger partial charge >= 0.3 is 0 Å². The van der Waals surface area contributed by atoms with Gasteiger partial charge in [-0.05, 0) is 63.2 Å². The molecule has 0 saturated heterocycles. The van der Waals surface area contributed by atoms with Crippen molar-refractivity contribution in [3.8, 4) is 22.6 Å². The number of anilines is 2. The van der Waals surface area contributed by atoms with Crippen LogP contribution in [0, 0.1) is 0 Å². The molecule has 0 unspecified atom stereocenters. The molecule has 5 rings (SSSR count). The molecule has 1 N–H and O–H groups in total. The smallest absolute Gasteiger partial charge is 0.137 e. The van der Waals surface area contributed by atoms with Crippen molar-refractivity contribution in [3.63, 3.8) is 0 Å². The molecule has 1 aliphatic heterocycles. The van der Waals surface area contributed by atoms with Crippen molar-refractivity contribution in [3.05, 3.63) is 83.9 Å². The Labute approximate surface area is 191 Å². The molecule has 2 nitrogen and oxygen atoms in total. The zero-order valence-electron chi connectivity index (χ0n) is 19.8. The third kappa shape index (κ3) is 3.64. The Morgan fingerprint density at radius 1 is 0.594 bits per heavy atom. The normalized spacial score (nSPS) is 12.9. The largest absolute Gasteiger partial charge is 0.456 e. The molecule has 2 heteroatoms. The molecule has 1 heterocycles. The molecule has 0 fully saturated rings. The van der Waals surface area contributed by atoms with Gasteiger partial charge in [-0.15, -0.1) is 0 Å². The number of ether oxygens (including phenoxy) is 1. The maximum Gasteiger partial charge on any atom is 0.137 e. The highest BCUT2D eigenvalue weighted by Crippen LogP contribution is 2.47. The summed E-state index contributed by atoms with van der Waals surface area (Å²) < 4.78 is 6.34. The molecule has 0 saturated carbocycles. The summed E-state index contributed by atoms with van der Waals surface area (Å²) in [5, 5.41) is 6.05. The van der Waals surface area contributed by atoms with Crippen LogP contribution in [0.5, 0.6) is 11.5 Å². The van der Waals surface area contributed by atoms with Gasteiger partial charge < -0.3 is 10.1 Å². The van der Waals surface area contributed by atoms with E-state index in [0.29, 0.717) is 0 Å². The first-order valence-corrected chi connectivity index (χ1v) is 11.4. The molecule has 32 heavy (non-hydrogen) atoms.